The van der Waals surface area contributed by atoms with E-state index < -0.39 is 17.2 Å². The molecule has 26 heavy (non-hydrogen) atoms. The number of ether oxygens (including phenoxy) is 2. The van der Waals surface area contributed by atoms with E-state index in [1.807, 2.05) is 30.3 Å². The van der Waals surface area contributed by atoms with Crippen LogP contribution in [0.5, 0.6) is 0 Å². The first-order chi connectivity index (χ1) is 12.7. The molecule has 2 fully saturated rings. The second kappa shape index (κ2) is 7.40. The number of fused-ring (bicyclic) bond motifs is 1. The van der Waals surface area contributed by atoms with Gasteiger partial charge in [0.15, 0.2) is 0 Å². The predicted octanol–water partition coefficient (Wildman–Crippen LogP) is 3.32. The highest BCUT2D eigenvalue weighted by molar-refractivity contribution is 5.29. The summed E-state index contributed by atoms with van der Waals surface area (Å²) < 4.78 is 39.3. The lowest BCUT2D eigenvalue weighted by Crippen LogP contribution is -2.52. The van der Waals surface area contributed by atoms with Crippen molar-refractivity contribution in [2.75, 3.05) is 19.8 Å². The third kappa shape index (κ3) is 3.38. The van der Waals surface area contributed by atoms with Gasteiger partial charge in [-0.05, 0) is 18.1 Å². The van der Waals surface area contributed by atoms with Crippen LogP contribution in [0.1, 0.15) is 17.5 Å². The molecule has 3 atom stereocenters. The summed E-state index contributed by atoms with van der Waals surface area (Å²) in [6.07, 6.45) is 0.599. The largest absolute Gasteiger partial charge is 0.374 e. The van der Waals surface area contributed by atoms with Crippen LogP contribution in [-0.4, -0.2) is 25.9 Å². The molecule has 2 aromatic rings. The fourth-order valence-electron chi connectivity index (χ4n) is 3.75. The number of benzene rings is 2. The topological polar surface area (TPSA) is 39.7 Å². The van der Waals surface area contributed by atoms with Crippen LogP contribution in [0.25, 0.3) is 0 Å². The average molecular weight is 361 g/mol. The van der Waals surface area contributed by atoms with Crippen molar-refractivity contribution in [1.29, 1.82) is 0 Å². The van der Waals surface area contributed by atoms with Crippen molar-refractivity contribution >= 4 is 0 Å². The average Bonchev–Trinajstić information content (AvgIpc) is 3.06. The molecular weight excluding hydrogens is 340 g/mol. The number of nitrogens with one attached hydrogen (secondary N) is 1. The Bertz CT molecular complexity index is 758. The standard InChI is InChI=1S/C20H21F2NO3/c21-16-6-7-18(19(22)9-16)20-13-25-17(8-15(20)11-26-23-20)12-24-10-14-4-2-1-3-5-14/h1-7,9,15,17,23H,8,10-13H2. The summed E-state index contributed by atoms with van der Waals surface area (Å²) in [5, 5.41) is 0. The van der Waals surface area contributed by atoms with Gasteiger partial charge < -0.3 is 14.3 Å². The van der Waals surface area contributed by atoms with E-state index in [9.17, 15) is 8.78 Å². The van der Waals surface area contributed by atoms with E-state index in [-0.39, 0.29) is 18.6 Å². The maximum atomic E-state index is 14.3. The van der Waals surface area contributed by atoms with Crippen molar-refractivity contribution in [3.05, 3.63) is 71.3 Å². The van der Waals surface area contributed by atoms with E-state index in [1.54, 1.807) is 0 Å². The molecule has 0 spiro atoms. The molecule has 0 bridgehead atoms. The SMILES string of the molecule is Fc1ccc(C23COC(COCc4ccccc4)CC2CON3)c(F)c1. The minimum Gasteiger partial charge on any atom is -0.374 e. The number of hydrogen-bond acceptors (Lipinski definition) is 4. The van der Waals surface area contributed by atoms with Crippen LogP contribution in [0.15, 0.2) is 48.5 Å². The van der Waals surface area contributed by atoms with Gasteiger partial charge in [-0.25, -0.2) is 8.78 Å². The van der Waals surface area contributed by atoms with Gasteiger partial charge in [0, 0.05) is 17.5 Å². The molecule has 0 aliphatic carbocycles. The maximum Gasteiger partial charge on any atom is 0.131 e. The molecule has 4 nitrogen and oxygen atoms in total. The molecule has 3 unspecified atom stereocenters. The second-order valence-corrected chi connectivity index (χ2v) is 6.87. The summed E-state index contributed by atoms with van der Waals surface area (Å²) >= 11 is 0. The maximum absolute atomic E-state index is 14.3. The molecule has 6 heteroatoms. The number of hydroxylamine groups is 1. The molecule has 0 aromatic heterocycles. The quantitative estimate of drug-likeness (QED) is 0.887. The Morgan fingerprint density at radius 2 is 2.00 bits per heavy atom. The first-order valence-electron chi connectivity index (χ1n) is 8.75. The highest BCUT2D eigenvalue weighted by Crippen LogP contribution is 2.42. The normalized spacial score (nSPS) is 28.1. The van der Waals surface area contributed by atoms with Gasteiger partial charge in [0.05, 0.1) is 38.1 Å². The Labute approximate surface area is 151 Å². The fourth-order valence-corrected chi connectivity index (χ4v) is 3.75. The summed E-state index contributed by atoms with van der Waals surface area (Å²) in [7, 11) is 0. The molecule has 0 saturated carbocycles. The van der Waals surface area contributed by atoms with Crippen molar-refractivity contribution in [2.24, 2.45) is 5.92 Å². The minimum atomic E-state index is -0.784. The van der Waals surface area contributed by atoms with Crippen molar-refractivity contribution < 1.29 is 23.1 Å². The predicted molar refractivity (Wildman–Crippen MR) is 91.1 cm³/mol. The molecule has 2 saturated heterocycles. The van der Waals surface area contributed by atoms with E-state index in [2.05, 4.69) is 5.48 Å². The van der Waals surface area contributed by atoms with Crippen LogP contribution in [0.2, 0.25) is 0 Å². The third-order valence-electron chi connectivity index (χ3n) is 5.16. The smallest absolute Gasteiger partial charge is 0.131 e. The van der Waals surface area contributed by atoms with Gasteiger partial charge in [-0.1, -0.05) is 36.4 Å². The van der Waals surface area contributed by atoms with Crippen LogP contribution in [0.3, 0.4) is 0 Å². The van der Waals surface area contributed by atoms with Gasteiger partial charge in [0.25, 0.3) is 0 Å². The van der Waals surface area contributed by atoms with Gasteiger partial charge in [-0.3, -0.25) is 0 Å². The first-order valence-corrected chi connectivity index (χ1v) is 8.75. The van der Waals surface area contributed by atoms with Crippen LogP contribution < -0.4 is 5.48 Å². The minimum absolute atomic E-state index is 0.0292. The van der Waals surface area contributed by atoms with Gasteiger partial charge in [0.2, 0.25) is 0 Å². The van der Waals surface area contributed by atoms with Gasteiger partial charge in [0.1, 0.15) is 11.6 Å². The van der Waals surface area contributed by atoms with Crippen molar-refractivity contribution in [3.8, 4) is 0 Å². The zero-order chi connectivity index (χ0) is 18.0. The van der Waals surface area contributed by atoms with E-state index in [0.29, 0.717) is 31.8 Å². The number of hydrogen-bond donors (Lipinski definition) is 1. The molecule has 0 amide bonds. The van der Waals surface area contributed by atoms with Crippen molar-refractivity contribution in [2.45, 2.75) is 24.7 Å². The van der Waals surface area contributed by atoms with Crippen molar-refractivity contribution in [3.63, 3.8) is 0 Å². The Hall–Kier alpha value is -1.86. The Balaban J connectivity index is 1.40. The molecule has 0 radical (unpaired) electrons. The molecule has 2 aliphatic heterocycles. The summed E-state index contributed by atoms with van der Waals surface area (Å²) in [6.45, 7) is 1.69. The summed E-state index contributed by atoms with van der Waals surface area (Å²) in [5.41, 5.74) is 3.63. The van der Waals surface area contributed by atoms with E-state index >= 15 is 0 Å². The molecule has 2 aromatic carbocycles. The Kier molecular flexibility index (Phi) is 5.00. The highest BCUT2D eigenvalue weighted by Gasteiger charge is 2.51. The second-order valence-electron chi connectivity index (χ2n) is 6.87. The summed E-state index contributed by atoms with van der Waals surface area (Å²) in [6, 6.07) is 13.6. The molecule has 2 aliphatic rings. The lowest BCUT2D eigenvalue weighted by molar-refractivity contribution is -0.0996. The molecular formula is C20H21F2NO3. The number of rotatable bonds is 5. The lowest BCUT2D eigenvalue weighted by atomic mass is 9.75. The Morgan fingerprint density at radius 1 is 1.15 bits per heavy atom. The molecule has 138 valence electrons. The molecule has 2 heterocycles. The summed E-state index contributed by atoms with van der Waals surface area (Å²) in [4.78, 5) is 5.43. The van der Waals surface area contributed by atoms with E-state index in [1.165, 1.54) is 12.1 Å². The van der Waals surface area contributed by atoms with Crippen LogP contribution in [0.4, 0.5) is 8.78 Å². The fraction of sp³-hybridized carbons (Fsp3) is 0.400. The lowest BCUT2D eigenvalue weighted by Gasteiger charge is -2.41. The monoisotopic (exact) mass is 361 g/mol. The highest BCUT2D eigenvalue weighted by atomic mass is 19.1. The van der Waals surface area contributed by atoms with E-state index in [4.69, 9.17) is 14.3 Å². The van der Waals surface area contributed by atoms with Crippen LogP contribution in [0, 0.1) is 17.6 Å². The third-order valence-corrected chi connectivity index (χ3v) is 5.16. The van der Waals surface area contributed by atoms with Gasteiger partial charge in [-0.2, -0.15) is 5.48 Å². The van der Waals surface area contributed by atoms with E-state index in [0.717, 1.165) is 11.6 Å². The first kappa shape index (κ1) is 17.5. The van der Waals surface area contributed by atoms with Gasteiger partial charge >= 0.3 is 0 Å². The summed E-state index contributed by atoms with van der Waals surface area (Å²) in [5.74, 6) is -1.15. The zero-order valence-electron chi connectivity index (χ0n) is 14.3. The molecule has 4 rings (SSSR count). The van der Waals surface area contributed by atoms with Crippen molar-refractivity contribution in [1.82, 2.24) is 5.48 Å². The molecule has 1 N–H and O–H groups in total. The van der Waals surface area contributed by atoms with Crippen LogP contribution in [-0.2, 0) is 26.5 Å². The zero-order valence-corrected chi connectivity index (χ0v) is 14.3. The Morgan fingerprint density at radius 3 is 2.81 bits per heavy atom. The van der Waals surface area contributed by atoms with Gasteiger partial charge in [-0.15, -0.1) is 0 Å². The number of halogens is 2. The van der Waals surface area contributed by atoms with Crippen LogP contribution >= 0.6 is 0 Å².